The molecule has 0 atom stereocenters. The van der Waals surface area contributed by atoms with Crippen LogP contribution in [0.4, 0.5) is 4.39 Å². The molecule has 114 valence electrons. The highest BCUT2D eigenvalue weighted by atomic mass is 32.2. The van der Waals surface area contributed by atoms with E-state index < -0.39 is 15.7 Å². The van der Waals surface area contributed by atoms with E-state index in [4.69, 9.17) is 10.5 Å². The summed E-state index contributed by atoms with van der Waals surface area (Å²) in [7, 11) is -3.49. The Hall–Kier alpha value is -2.18. The first-order valence-electron chi connectivity index (χ1n) is 6.68. The largest absolute Gasteiger partial charge is 0.486 e. The van der Waals surface area contributed by atoms with Crippen molar-refractivity contribution >= 4 is 15.4 Å². The highest BCUT2D eigenvalue weighted by molar-refractivity contribution is 7.95. The fourth-order valence-corrected chi connectivity index (χ4v) is 3.98. The van der Waals surface area contributed by atoms with Crippen molar-refractivity contribution in [1.82, 2.24) is 0 Å². The molecule has 0 bridgehead atoms. The van der Waals surface area contributed by atoms with Crippen LogP contribution in [0.1, 0.15) is 11.1 Å². The average molecular weight is 319 g/mol. The molecule has 0 saturated heterocycles. The molecule has 3 rings (SSSR count). The SMILES string of the molecule is NCc1cccc2c1C(COc1ccccc1F)=CS2(=O)=O. The number of sulfone groups is 1. The number of fused-ring (bicyclic) bond motifs is 1. The molecule has 0 saturated carbocycles. The van der Waals surface area contributed by atoms with E-state index in [-0.39, 0.29) is 23.8 Å². The van der Waals surface area contributed by atoms with Crippen molar-refractivity contribution in [2.45, 2.75) is 11.4 Å². The highest BCUT2D eigenvalue weighted by Crippen LogP contribution is 2.36. The minimum absolute atomic E-state index is 0.0375. The monoisotopic (exact) mass is 319 g/mol. The molecule has 0 fully saturated rings. The van der Waals surface area contributed by atoms with Crippen molar-refractivity contribution in [1.29, 1.82) is 0 Å². The third kappa shape index (κ3) is 2.51. The zero-order valence-electron chi connectivity index (χ0n) is 11.6. The van der Waals surface area contributed by atoms with Gasteiger partial charge in [-0.25, -0.2) is 12.8 Å². The van der Waals surface area contributed by atoms with Crippen LogP contribution in [0.25, 0.3) is 5.57 Å². The topological polar surface area (TPSA) is 69.4 Å². The van der Waals surface area contributed by atoms with Crippen molar-refractivity contribution < 1.29 is 17.5 Å². The number of para-hydroxylation sites is 1. The first-order valence-corrected chi connectivity index (χ1v) is 8.23. The predicted molar refractivity (Wildman–Crippen MR) is 81.4 cm³/mol. The maximum Gasteiger partial charge on any atom is 0.200 e. The van der Waals surface area contributed by atoms with Crippen LogP contribution in [0.5, 0.6) is 5.75 Å². The first-order chi connectivity index (χ1) is 10.5. The Morgan fingerprint density at radius 1 is 1.09 bits per heavy atom. The first kappa shape index (κ1) is 14.7. The van der Waals surface area contributed by atoms with Gasteiger partial charge in [-0.05, 0) is 23.8 Å². The lowest BCUT2D eigenvalue weighted by Crippen LogP contribution is -2.06. The normalized spacial score (nSPS) is 15.3. The van der Waals surface area contributed by atoms with Crippen LogP contribution in [-0.4, -0.2) is 15.0 Å². The Labute approximate surface area is 127 Å². The molecule has 1 aliphatic heterocycles. The Morgan fingerprint density at radius 2 is 1.86 bits per heavy atom. The Balaban J connectivity index is 1.95. The van der Waals surface area contributed by atoms with Gasteiger partial charge in [0.15, 0.2) is 11.6 Å². The van der Waals surface area contributed by atoms with E-state index in [1.807, 2.05) is 0 Å². The van der Waals surface area contributed by atoms with Gasteiger partial charge in [0.1, 0.15) is 6.61 Å². The van der Waals surface area contributed by atoms with Gasteiger partial charge in [0.25, 0.3) is 0 Å². The molecular weight excluding hydrogens is 305 g/mol. The van der Waals surface area contributed by atoms with Gasteiger partial charge >= 0.3 is 0 Å². The van der Waals surface area contributed by atoms with Crippen molar-refractivity contribution in [3.8, 4) is 5.75 Å². The van der Waals surface area contributed by atoms with Crippen LogP contribution in [-0.2, 0) is 16.4 Å². The fraction of sp³-hybridized carbons (Fsp3) is 0.125. The molecule has 0 radical (unpaired) electrons. The molecule has 0 aromatic heterocycles. The third-order valence-corrected chi connectivity index (χ3v) is 5.03. The average Bonchev–Trinajstić information content (AvgIpc) is 2.78. The van der Waals surface area contributed by atoms with Crippen LogP contribution in [0, 0.1) is 5.82 Å². The zero-order valence-corrected chi connectivity index (χ0v) is 12.4. The van der Waals surface area contributed by atoms with Gasteiger partial charge in [-0.2, -0.15) is 0 Å². The number of benzene rings is 2. The molecule has 2 aromatic carbocycles. The quantitative estimate of drug-likeness (QED) is 0.940. The lowest BCUT2D eigenvalue weighted by molar-refractivity contribution is 0.348. The van der Waals surface area contributed by atoms with Crippen LogP contribution in [0.3, 0.4) is 0 Å². The fourth-order valence-electron chi connectivity index (χ4n) is 2.48. The maximum absolute atomic E-state index is 13.6. The molecule has 1 aliphatic rings. The number of hydrogen-bond donors (Lipinski definition) is 1. The predicted octanol–water partition coefficient (Wildman–Crippen LogP) is 2.49. The number of rotatable bonds is 4. The minimum atomic E-state index is -3.49. The van der Waals surface area contributed by atoms with E-state index in [0.29, 0.717) is 11.1 Å². The standard InChI is InChI=1S/C16H14FNO3S/c17-13-5-1-2-6-14(13)21-9-12-10-22(19,20)15-7-3-4-11(8-18)16(12)15/h1-7,10H,8-9,18H2. The summed E-state index contributed by atoms with van der Waals surface area (Å²) in [5.41, 5.74) is 7.46. The van der Waals surface area contributed by atoms with Gasteiger partial charge in [0, 0.05) is 23.1 Å². The van der Waals surface area contributed by atoms with E-state index in [9.17, 15) is 12.8 Å². The van der Waals surface area contributed by atoms with Crippen molar-refractivity contribution in [2.75, 3.05) is 6.61 Å². The molecule has 6 heteroatoms. The number of ether oxygens (including phenoxy) is 1. The van der Waals surface area contributed by atoms with Gasteiger partial charge in [0.05, 0.1) is 4.90 Å². The van der Waals surface area contributed by atoms with Gasteiger partial charge in [0.2, 0.25) is 9.84 Å². The molecule has 2 aromatic rings. The van der Waals surface area contributed by atoms with Crippen LogP contribution in [0.2, 0.25) is 0 Å². The molecule has 1 heterocycles. The summed E-state index contributed by atoms with van der Waals surface area (Å²) in [6, 6.07) is 11.0. The second-order valence-electron chi connectivity index (χ2n) is 4.90. The molecule has 22 heavy (non-hydrogen) atoms. The van der Waals surface area contributed by atoms with Crippen molar-refractivity contribution in [3.05, 3.63) is 64.8 Å². The molecule has 0 spiro atoms. The third-order valence-electron chi connectivity index (χ3n) is 3.48. The molecule has 0 aliphatic carbocycles. The second kappa shape index (κ2) is 5.55. The van der Waals surface area contributed by atoms with Gasteiger partial charge in [-0.1, -0.05) is 24.3 Å². The van der Waals surface area contributed by atoms with Gasteiger partial charge < -0.3 is 10.5 Å². The lowest BCUT2D eigenvalue weighted by atomic mass is 10.0. The van der Waals surface area contributed by atoms with Crippen LogP contribution in [0.15, 0.2) is 52.8 Å². The van der Waals surface area contributed by atoms with Crippen molar-refractivity contribution in [2.24, 2.45) is 5.73 Å². The summed E-state index contributed by atoms with van der Waals surface area (Å²) >= 11 is 0. The summed E-state index contributed by atoms with van der Waals surface area (Å²) in [5, 5.41) is 1.16. The lowest BCUT2D eigenvalue weighted by Gasteiger charge is -2.11. The summed E-state index contributed by atoms with van der Waals surface area (Å²) < 4.78 is 43.3. The van der Waals surface area contributed by atoms with Crippen LogP contribution >= 0.6 is 0 Å². The Kier molecular flexibility index (Phi) is 3.72. The molecular formula is C16H14FNO3S. The van der Waals surface area contributed by atoms with Gasteiger partial charge in [-0.3, -0.25) is 0 Å². The van der Waals surface area contributed by atoms with Crippen LogP contribution < -0.4 is 10.5 Å². The molecule has 0 amide bonds. The Morgan fingerprint density at radius 3 is 2.59 bits per heavy atom. The second-order valence-corrected chi connectivity index (χ2v) is 6.67. The van der Waals surface area contributed by atoms with Gasteiger partial charge in [-0.15, -0.1) is 0 Å². The summed E-state index contributed by atoms with van der Waals surface area (Å²) in [5.74, 6) is -0.407. The van der Waals surface area contributed by atoms with Crippen molar-refractivity contribution in [3.63, 3.8) is 0 Å². The van der Waals surface area contributed by atoms with E-state index in [1.54, 1.807) is 24.3 Å². The summed E-state index contributed by atoms with van der Waals surface area (Å²) in [6.45, 7) is 0.180. The number of nitrogens with two attached hydrogens (primary N) is 1. The summed E-state index contributed by atoms with van der Waals surface area (Å²) in [4.78, 5) is 0.225. The molecule has 2 N–H and O–H groups in total. The van der Waals surface area contributed by atoms with E-state index >= 15 is 0 Å². The minimum Gasteiger partial charge on any atom is -0.486 e. The van der Waals surface area contributed by atoms with E-state index in [2.05, 4.69) is 0 Å². The zero-order chi connectivity index (χ0) is 15.7. The molecule has 0 unspecified atom stereocenters. The summed E-state index contributed by atoms with van der Waals surface area (Å²) in [6.07, 6.45) is 0. The van der Waals surface area contributed by atoms with E-state index in [1.165, 1.54) is 18.2 Å². The molecule has 4 nitrogen and oxygen atoms in total. The highest BCUT2D eigenvalue weighted by Gasteiger charge is 2.29. The smallest absolute Gasteiger partial charge is 0.200 e. The Bertz CT molecular complexity index is 859. The maximum atomic E-state index is 13.6. The van der Waals surface area contributed by atoms with E-state index in [0.717, 1.165) is 11.0 Å². The number of halogens is 1. The number of hydrogen-bond acceptors (Lipinski definition) is 4.